The Morgan fingerprint density at radius 1 is 1.05 bits per heavy atom. The Balaban J connectivity index is 2.04. The zero-order valence-corrected chi connectivity index (χ0v) is 25.1. The molecule has 0 aromatic heterocycles. The highest BCUT2D eigenvalue weighted by Gasteiger charge is 2.32. The quantitative estimate of drug-likeness (QED) is 0.293. The largest absolute Gasteiger partial charge is 0.495 e. The van der Waals surface area contributed by atoms with Gasteiger partial charge in [0, 0.05) is 17.6 Å². The summed E-state index contributed by atoms with van der Waals surface area (Å²) in [6, 6.07) is 18.8. The van der Waals surface area contributed by atoms with E-state index in [0.717, 1.165) is 20.8 Å². The molecule has 0 fully saturated rings. The Kier molecular flexibility index (Phi) is 10.8. The minimum Gasteiger partial charge on any atom is -0.495 e. The average molecular weight is 637 g/mol. The van der Waals surface area contributed by atoms with Crippen molar-refractivity contribution in [3.05, 3.63) is 87.9 Å². The van der Waals surface area contributed by atoms with Crippen LogP contribution in [0.2, 0.25) is 5.02 Å². The van der Waals surface area contributed by atoms with Crippen LogP contribution in [0.4, 0.5) is 5.69 Å². The maximum atomic E-state index is 13.9. The molecule has 0 aliphatic rings. The first-order valence-corrected chi connectivity index (χ1v) is 14.9. The van der Waals surface area contributed by atoms with E-state index < -0.39 is 28.5 Å². The molecule has 3 aromatic rings. The van der Waals surface area contributed by atoms with Crippen LogP contribution >= 0.6 is 27.5 Å². The highest BCUT2D eigenvalue weighted by atomic mass is 79.9. The fraction of sp³-hybridized carbons (Fsp3) is 0.286. The molecule has 1 atom stereocenters. The van der Waals surface area contributed by atoms with Crippen molar-refractivity contribution in [2.24, 2.45) is 0 Å². The number of carbonyl (C=O) groups excluding carboxylic acids is 2. The van der Waals surface area contributed by atoms with Gasteiger partial charge in [-0.3, -0.25) is 13.9 Å². The molecule has 0 bridgehead atoms. The second-order valence-electron chi connectivity index (χ2n) is 8.76. The van der Waals surface area contributed by atoms with Gasteiger partial charge in [-0.1, -0.05) is 64.8 Å². The van der Waals surface area contributed by atoms with E-state index in [1.807, 2.05) is 31.2 Å². The van der Waals surface area contributed by atoms with Gasteiger partial charge in [-0.2, -0.15) is 0 Å². The summed E-state index contributed by atoms with van der Waals surface area (Å²) >= 11 is 9.77. The van der Waals surface area contributed by atoms with Crippen molar-refractivity contribution in [2.45, 2.75) is 37.8 Å². The van der Waals surface area contributed by atoms with Crippen LogP contribution < -0.4 is 14.4 Å². The summed E-state index contributed by atoms with van der Waals surface area (Å²) in [5.74, 6) is -0.521. The number of nitrogens with zero attached hydrogens (tertiary/aromatic N) is 2. The lowest BCUT2D eigenvalue weighted by atomic mass is 10.1. The molecule has 0 heterocycles. The third kappa shape index (κ3) is 7.74. The predicted molar refractivity (Wildman–Crippen MR) is 156 cm³/mol. The van der Waals surface area contributed by atoms with Crippen LogP contribution in [-0.2, 0) is 26.2 Å². The number of benzene rings is 3. The summed E-state index contributed by atoms with van der Waals surface area (Å²) in [5, 5.41) is 3.01. The molecule has 3 aromatic carbocycles. The van der Waals surface area contributed by atoms with Crippen molar-refractivity contribution < 1.29 is 22.7 Å². The Bertz CT molecular complexity index is 1410. The molecule has 0 unspecified atom stereocenters. The number of anilines is 1. The van der Waals surface area contributed by atoms with Crippen LogP contribution in [0.3, 0.4) is 0 Å². The highest BCUT2D eigenvalue weighted by Crippen LogP contribution is 2.32. The molecular weight excluding hydrogens is 606 g/mol. The van der Waals surface area contributed by atoms with Gasteiger partial charge in [0.15, 0.2) is 0 Å². The number of hydrogen-bond donors (Lipinski definition) is 1. The zero-order chi connectivity index (χ0) is 28.6. The number of methoxy groups -OCH3 is 1. The second kappa shape index (κ2) is 13.8. The van der Waals surface area contributed by atoms with Gasteiger partial charge in [-0.15, -0.1) is 0 Å². The zero-order valence-electron chi connectivity index (χ0n) is 21.9. The molecule has 11 heteroatoms. The molecule has 3 rings (SSSR count). The molecule has 0 radical (unpaired) electrons. The van der Waals surface area contributed by atoms with E-state index in [1.54, 1.807) is 25.1 Å². The summed E-state index contributed by atoms with van der Waals surface area (Å²) in [6.07, 6.45) is 0.735. The van der Waals surface area contributed by atoms with Crippen LogP contribution in [-0.4, -0.2) is 51.4 Å². The molecule has 2 amide bonds. The Hall–Kier alpha value is -3.08. The summed E-state index contributed by atoms with van der Waals surface area (Å²) in [5.41, 5.74) is 0.960. The molecular formula is C28H31BrClN3O5S. The Morgan fingerprint density at radius 3 is 2.38 bits per heavy atom. The van der Waals surface area contributed by atoms with E-state index in [0.29, 0.717) is 12.3 Å². The van der Waals surface area contributed by atoms with Crippen molar-refractivity contribution in [1.82, 2.24) is 10.2 Å². The van der Waals surface area contributed by atoms with E-state index in [4.69, 9.17) is 16.3 Å². The number of sulfonamides is 1. The van der Waals surface area contributed by atoms with E-state index in [1.165, 1.54) is 42.3 Å². The lowest BCUT2D eigenvalue weighted by Gasteiger charge is -2.32. The summed E-state index contributed by atoms with van der Waals surface area (Å²) in [7, 11) is -2.73. The van der Waals surface area contributed by atoms with E-state index in [-0.39, 0.29) is 28.1 Å². The lowest BCUT2D eigenvalue weighted by Crippen LogP contribution is -2.51. The van der Waals surface area contributed by atoms with Crippen LogP contribution in [0.5, 0.6) is 5.75 Å². The Labute approximate surface area is 243 Å². The van der Waals surface area contributed by atoms with E-state index >= 15 is 0 Å². The van der Waals surface area contributed by atoms with Crippen molar-refractivity contribution in [1.29, 1.82) is 0 Å². The van der Waals surface area contributed by atoms with Gasteiger partial charge in [-0.25, -0.2) is 8.42 Å². The molecule has 0 saturated heterocycles. The molecule has 0 saturated carbocycles. The number of nitrogens with one attached hydrogen (secondary N) is 1. The normalized spacial score (nSPS) is 11.9. The molecule has 1 N–H and O–H groups in total. The molecule has 0 aliphatic heterocycles. The van der Waals surface area contributed by atoms with Crippen LogP contribution in [0.15, 0.2) is 82.2 Å². The molecule has 208 valence electrons. The first kappa shape index (κ1) is 30.5. The first-order chi connectivity index (χ1) is 18.6. The van der Waals surface area contributed by atoms with Crippen LogP contribution in [0, 0.1) is 0 Å². The third-order valence-corrected chi connectivity index (χ3v) is 8.57. The summed E-state index contributed by atoms with van der Waals surface area (Å²) < 4.78 is 34.6. The topological polar surface area (TPSA) is 96.0 Å². The number of ether oxygens (including phenoxy) is 1. The maximum Gasteiger partial charge on any atom is 0.264 e. The average Bonchev–Trinajstić information content (AvgIpc) is 2.93. The fourth-order valence-corrected chi connectivity index (χ4v) is 6.00. The van der Waals surface area contributed by atoms with Crippen molar-refractivity contribution in [3.63, 3.8) is 0 Å². The second-order valence-corrected chi connectivity index (χ2v) is 11.9. The van der Waals surface area contributed by atoms with Gasteiger partial charge in [0.05, 0.1) is 22.7 Å². The van der Waals surface area contributed by atoms with Crippen LogP contribution in [0.25, 0.3) is 0 Å². The molecule has 39 heavy (non-hydrogen) atoms. The van der Waals surface area contributed by atoms with Gasteiger partial charge < -0.3 is 15.0 Å². The molecule has 0 spiro atoms. The molecule has 8 nitrogen and oxygen atoms in total. The standard InChI is InChI=1S/C28H31BrClN3O5S/c1-4-15-31-28(35)20(2)32(18-21-9-8-10-22(29)16-21)27(34)19-33(23-13-14-26(38-3)25(30)17-23)39(36,37)24-11-6-5-7-12-24/h5-14,16-17,20H,4,15,18-19H2,1-3H3,(H,31,35)/t20-/m0/s1. The fourth-order valence-electron chi connectivity index (χ4n) is 3.87. The minimum atomic E-state index is -4.18. The highest BCUT2D eigenvalue weighted by molar-refractivity contribution is 9.10. The van der Waals surface area contributed by atoms with Gasteiger partial charge in [-0.05, 0) is 61.4 Å². The van der Waals surface area contributed by atoms with Crippen molar-refractivity contribution >= 4 is 55.1 Å². The number of rotatable bonds is 12. The predicted octanol–water partition coefficient (Wildman–Crippen LogP) is 5.25. The van der Waals surface area contributed by atoms with Gasteiger partial charge in [0.1, 0.15) is 18.3 Å². The number of amides is 2. The van der Waals surface area contributed by atoms with Crippen molar-refractivity contribution in [3.8, 4) is 5.75 Å². The monoisotopic (exact) mass is 635 g/mol. The maximum absolute atomic E-state index is 13.9. The van der Waals surface area contributed by atoms with Crippen molar-refractivity contribution in [2.75, 3.05) is 24.5 Å². The SMILES string of the molecule is CCCNC(=O)[C@H](C)N(Cc1cccc(Br)c1)C(=O)CN(c1ccc(OC)c(Cl)c1)S(=O)(=O)c1ccccc1. The summed E-state index contributed by atoms with van der Waals surface area (Å²) in [4.78, 5) is 28.2. The van der Waals surface area contributed by atoms with Crippen LogP contribution in [0.1, 0.15) is 25.8 Å². The van der Waals surface area contributed by atoms with E-state index in [2.05, 4.69) is 21.2 Å². The summed E-state index contributed by atoms with van der Waals surface area (Å²) in [6.45, 7) is 3.56. The first-order valence-electron chi connectivity index (χ1n) is 12.3. The number of carbonyl (C=O) groups is 2. The van der Waals surface area contributed by atoms with Gasteiger partial charge >= 0.3 is 0 Å². The molecule has 0 aliphatic carbocycles. The number of halogens is 2. The smallest absolute Gasteiger partial charge is 0.264 e. The van der Waals surface area contributed by atoms with Gasteiger partial charge in [0.25, 0.3) is 10.0 Å². The third-order valence-electron chi connectivity index (χ3n) is 5.99. The van der Waals surface area contributed by atoms with E-state index in [9.17, 15) is 18.0 Å². The Morgan fingerprint density at radius 2 is 1.77 bits per heavy atom. The minimum absolute atomic E-state index is 0.0111. The van der Waals surface area contributed by atoms with Gasteiger partial charge in [0.2, 0.25) is 11.8 Å². The lowest BCUT2D eigenvalue weighted by molar-refractivity contribution is -0.139. The number of hydrogen-bond acceptors (Lipinski definition) is 5.